The van der Waals surface area contributed by atoms with Crippen LogP contribution in [0.2, 0.25) is 0 Å². The molecule has 15 heavy (non-hydrogen) atoms. The smallest absolute Gasteiger partial charge is 0.128 e. The number of nitrogens with one attached hydrogen (secondary N) is 1. The van der Waals surface area contributed by atoms with Gasteiger partial charge in [0.25, 0.3) is 0 Å². The summed E-state index contributed by atoms with van der Waals surface area (Å²) in [7, 11) is 0. The summed E-state index contributed by atoms with van der Waals surface area (Å²) in [6.45, 7) is 8.75. The number of hydrogen-bond acceptors (Lipinski definition) is 1. The molecule has 0 heterocycles. The molecule has 1 nitrogen and oxygen atoms in total. The Labute approximate surface area is 91.7 Å². The van der Waals surface area contributed by atoms with Crippen LogP contribution in [0.15, 0.2) is 12.1 Å². The third-order valence-corrected chi connectivity index (χ3v) is 2.50. The molecule has 0 aromatic heterocycles. The first-order chi connectivity index (χ1) is 7.04. The Morgan fingerprint density at radius 2 is 2.00 bits per heavy atom. The Bertz CT molecular complexity index is 332. The van der Waals surface area contributed by atoms with Gasteiger partial charge in [0.1, 0.15) is 5.82 Å². The van der Waals surface area contributed by atoms with Gasteiger partial charge in [0.2, 0.25) is 0 Å². The fourth-order valence-electron chi connectivity index (χ4n) is 1.66. The highest BCUT2D eigenvalue weighted by Crippen LogP contribution is 2.17. The van der Waals surface area contributed by atoms with Crippen LogP contribution >= 0.6 is 0 Å². The molecule has 84 valence electrons. The minimum Gasteiger partial charge on any atom is -0.310 e. The van der Waals surface area contributed by atoms with Crippen LogP contribution in [0.3, 0.4) is 0 Å². The lowest BCUT2D eigenvalue weighted by Gasteiger charge is -2.13. The molecule has 0 bridgehead atoms. The first-order valence-corrected chi connectivity index (χ1v) is 5.55. The van der Waals surface area contributed by atoms with Crippen molar-refractivity contribution in [3.63, 3.8) is 0 Å². The highest BCUT2D eigenvalue weighted by atomic mass is 19.1. The topological polar surface area (TPSA) is 12.0 Å². The number of rotatable bonds is 4. The second kappa shape index (κ2) is 5.26. The number of hydrogen-bond donors (Lipinski definition) is 1. The molecule has 1 N–H and O–H groups in total. The summed E-state index contributed by atoms with van der Waals surface area (Å²) in [6.07, 6.45) is 0.883. The predicted octanol–water partition coefficient (Wildman–Crippen LogP) is 3.19. The zero-order valence-corrected chi connectivity index (χ0v) is 10.0. The average molecular weight is 209 g/mol. The van der Waals surface area contributed by atoms with Gasteiger partial charge in [0, 0.05) is 18.2 Å². The van der Waals surface area contributed by atoms with Crippen molar-refractivity contribution in [2.45, 2.75) is 46.7 Å². The average Bonchev–Trinajstić information content (AvgIpc) is 2.14. The molecule has 0 aliphatic rings. The number of halogens is 1. The van der Waals surface area contributed by atoms with E-state index in [-0.39, 0.29) is 5.82 Å². The second-order valence-electron chi connectivity index (χ2n) is 4.27. The molecular formula is C13H20FN. The summed E-state index contributed by atoms with van der Waals surface area (Å²) < 4.78 is 13.7. The Kier molecular flexibility index (Phi) is 4.28. The standard InChI is InChI=1S/C13H20FN/c1-5-11-6-10(4)7-13(14)12(11)8-15-9(2)3/h6-7,9,15H,5,8H2,1-4H3. The van der Waals surface area contributed by atoms with Gasteiger partial charge >= 0.3 is 0 Å². The first kappa shape index (κ1) is 12.2. The van der Waals surface area contributed by atoms with E-state index in [0.29, 0.717) is 12.6 Å². The molecule has 0 aliphatic carbocycles. The molecule has 1 aromatic carbocycles. The van der Waals surface area contributed by atoms with Crippen LogP contribution in [0.25, 0.3) is 0 Å². The minimum atomic E-state index is -0.0833. The van der Waals surface area contributed by atoms with Crippen LogP contribution in [0.4, 0.5) is 4.39 Å². The Morgan fingerprint density at radius 3 is 2.53 bits per heavy atom. The van der Waals surface area contributed by atoms with Crippen LogP contribution in [0.5, 0.6) is 0 Å². The monoisotopic (exact) mass is 209 g/mol. The molecule has 1 rings (SSSR count). The second-order valence-corrected chi connectivity index (χ2v) is 4.27. The molecule has 1 aromatic rings. The summed E-state index contributed by atoms with van der Waals surface area (Å²) in [5, 5.41) is 3.26. The maximum Gasteiger partial charge on any atom is 0.128 e. The van der Waals surface area contributed by atoms with E-state index in [0.717, 1.165) is 23.1 Å². The van der Waals surface area contributed by atoms with Gasteiger partial charge in [0.05, 0.1) is 0 Å². The maximum absolute atomic E-state index is 13.7. The zero-order valence-electron chi connectivity index (χ0n) is 10.0. The molecule has 0 spiro atoms. The van der Waals surface area contributed by atoms with Crippen molar-refractivity contribution in [1.82, 2.24) is 5.32 Å². The summed E-state index contributed by atoms with van der Waals surface area (Å²) >= 11 is 0. The maximum atomic E-state index is 13.7. The van der Waals surface area contributed by atoms with Gasteiger partial charge in [0.15, 0.2) is 0 Å². The van der Waals surface area contributed by atoms with Crippen molar-refractivity contribution in [3.05, 3.63) is 34.6 Å². The summed E-state index contributed by atoms with van der Waals surface area (Å²) in [5.41, 5.74) is 2.93. The third kappa shape index (κ3) is 3.31. The summed E-state index contributed by atoms with van der Waals surface area (Å²) in [4.78, 5) is 0. The van der Waals surface area contributed by atoms with Crippen LogP contribution < -0.4 is 5.32 Å². The fourth-order valence-corrected chi connectivity index (χ4v) is 1.66. The van der Waals surface area contributed by atoms with E-state index in [9.17, 15) is 4.39 Å². The summed E-state index contributed by atoms with van der Waals surface area (Å²) in [6, 6.07) is 4.06. The van der Waals surface area contributed by atoms with E-state index in [1.165, 1.54) is 0 Å². The van der Waals surface area contributed by atoms with Gasteiger partial charge in [-0.2, -0.15) is 0 Å². The number of aryl methyl sites for hydroxylation is 2. The van der Waals surface area contributed by atoms with Crippen molar-refractivity contribution in [3.8, 4) is 0 Å². The Morgan fingerprint density at radius 1 is 1.33 bits per heavy atom. The molecule has 0 atom stereocenters. The van der Waals surface area contributed by atoms with Crippen molar-refractivity contribution in [1.29, 1.82) is 0 Å². The van der Waals surface area contributed by atoms with E-state index in [1.807, 2.05) is 6.92 Å². The van der Waals surface area contributed by atoms with Gasteiger partial charge in [-0.1, -0.05) is 26.8 Å². The molecule has 0 saturated carbocycles. The molecule has 2 heteroatoms. The van der Waals surface area contributed by atoms with Crippen LogP contribution in [0.1, 0.15) is 37.5 Å². The van der Waals surface area contributed by atoms with Crippen LogP contribution in [-0.4, -0.2) is 6.04 Å². The Balaban J connectivity index is 2.93. The van der Waals surface area contributed by atoms with Crippen molar-refractivity contribution in [2.75, 3.05) is 0 Å². The Hall–Kier alpha value is -0.890. The quantitative estimate of drug-likeness (QED) is 0.803. The SMILES string of the molecule is CCc1cc(C)cc(F)c1CNC(C)C. The molecule has 0 amide bonds. The molecular weight excluding hydrogens is 189 g/mol. The highest BCUT2D eigenvalue weighted by Gasteiger charge is 2.08. The largest absolute Gasteiger partial charge is 0.310 e. The molecule has 0 fully saturated rings. The minimum absolute atomic E-state index is 0.0833. The van der Waals surface area contributed by atoms with Gasteiger partial charge in [-0.3, -0.25) is 0 Å². The lowest BCUT2D eigenvalue weighted by molar-refractivity contribution is 0.549. The van der Waals surface area contributed by atoms with Gasteiger partial charge in [-0.25, -0.2) is 4.39 Å². The lowest BCUT2D eigenvalue weighted by atomic mass is 10.0. The van der Waals surface area contributed by atoms with E-state index < -0.39 is 0 Å². The summed E-state index contributed by atoms with van der Waals surface area (Å²) in [5.74, 6) is -0.0833. The van der Waals surface area contributed by atoms with E-state index in [1.54, 1.807) is 6.07 Å². The van der Waals surface area contributed by atoms with Crippen LogP contribution in [0, 0.1) is 12.7 Å². The van der Waals surface area contributed by atoms with E-state index >= 15 is 0 Å². The van der Waals surface area contributed by atoms with Gasteiger partial charge in [-0.15, -0.1) is 0 Å². The van der Waals surface area contributed by atoms with E-state index in [4.69, 9.17) is 0 Å². The van der Waals surface area contributed by atoms with Crippen molar-refractivity contribution in [2.24, 2.45) is 0 Å². The fraction of sp³-hybridized carbons (Fsp3) is 0.538. The molecule has 0 saturated heterocycles. The lowest BCUT2D eigenvalue weighted by Crippen LogP contribution is -2.23. The predicted molar refractivity (Wildman–Crippen MR) is 62.5 cm³/mol. The zero-order chi connectivity index (χ0) is 11.4. The number of benzene rings is 1. The van der Waals surface area contributed by atoms with Crippen molar-refractivity contribution >= 4 is 0 Å². The van der Waals surface area contributed by atoms with Gasteiger partial charge < -0.3 is 5.32 Å². The molecule has 0 aliphatic heterocycles. The normalized spacial score (nSPS) is 11.1. The third-order valence-electron chi connectivity index (χ3n) is 2.50. The highest BCUT2D eigenvalue weighted by molar-refractivity contribution is 5.33. The van der Waals surface area contributed by atoms with Crippen LogP contribution in [-0.2, 0) is 13.0 Å². The molecule has 0 unspecified atom stereocenters. The van der Waals surface area contributed by atoms with Gasteiger partial charge in [-0.05, 0) is 30.5 Å². The van der Waals surface area contributed by atoms with E-state index in [2.05, 4.69) is 32.2 Å². The van der Waals surface area contributed by atoms with Crippen molar-refractivity contribution < 1.29 is 4.39 Å². The first-order valence-electron chi connectivity index (χ1n) is 5.55. The molecule has 0 radical (unpaired) electrons.